The Bertz CT molecular complexity index is 703. The first-order valence-corrected chi connectivity index (χ1v) is 6.95. The first-order chi connectivity index (χ1) is 10.3. The van der Waals surface area contributed by atoms with Gasteiger partial charge in [0.2, 0.25) is 5.89 Å². The lowest BCUT2D eigenvalue weighted by atomic mass is 10.1. The molecule has 3 aromatic rings. The van der Waals surface area contributed by atoms with Gasteiger partial charge in [-0.2, -0.15) is 0 Å². The van der Waals surface area contributed by atoms with Crippen LogP contribution in [0.15, 0.2) is 51.5 Å². The Morgan fingerprint density at radius 2 is 2.00 bits per heavy atom. The molecular weight excluding hydrogens is 266 g/mol. The summed E-state index contributed by atoms with van der Waals surface area (Å²) < 4.78 is 11.1. The lowest BCUT2D eigenvalue weighted by molar-refractivity contribution is 0.444. The molecule has 1 aromatic carbocycles. The molecule has 0 aliphatic rings. The molecule has 0 aliphatic heterocycles. The lowest BCUT2D eigenvalue weighted by Gasteiger charge is -2.13. The third kappa shape index (κ3) is 2.87. The molecule has 0 radical (unpaired) electrons. The standard InChI is InChI=1S/C16H17N3O2/c1-3-17-14(12-7-5-4-6-8-12)16-19-18-15(21-16)13-9-11(2)20-10-13/h4-10,14,17H,3H2,1-2H3. The van der Waals surface area contributed by atoms with Crippen LogP contribution in [0.25, 0.3) is 11.5 Å². The van der Waals surface area contributed by atoms with Crippen LogP contribution in [0.3, 0.4) is 0 Å². The van der Waals surface area contributed by atoms with Crippen molar-refractivity contribution in [2.24, 2.45) is 0 Å². The van der Waals surface area contributed by atoms with Gasteiger partial charge in [-0.3, -0.25) is 0 Å². The Balaban J connectivity index is 1.92. The molecule has 0 aliphatic carbocycles. The van der Waals surface area contributed by atoms with E-state index in [0.29, 0.717) is 11.8 Å². The Labute approximate surface area is 123 Å². The maximum Gasteiger partial charge on any atom is 0.251 e. The van der Waals surface area contributed by atoms with Crippen LogP contribution in [0.2, 0.25) is 0 Å². The van der Waals surface area contributed by atoms with E-state index in [9.17, 15) is 0 Å². The highest BCUT2D eigenvalue weighted by atomic mass is 16.4. The highest BCUT2D eigenvalue weighted by Gasteiger charge is 2.20. The van der Waals surface area contributed by atoms with Gasteiger partial charge in [0.25, 0.3) is 5.89 Å². The minimum Gasteiger partial charge on any atom is -0.469 e. The number of aromatic nitrogens is 2. The van der Waals surface area contributed by atoms with Gasteiger partial charge in [-0.05, 0) is 25.1 Å². The summed E-state index contributed by atoms with van der Waals surface area (Å²) >= 11 is 0. The second-order valence-electron chi connectivity index (χ2n) is 4.79. The number of furan rings is 1. The summed E-state index contributed by atoms with van der Waals surface area (Å²) in [5.41, 5.74) is 1.90. The maximum atomic E-state index is 5.81. The fourth-order valence-corrected chi connectivity index (χ4v) is 2.22. The molecule has 2 aromatic heterocycles. The number of nitrogens with zero attached hydrogens (tertiary/aromatic N) is 2. The minimum atomic E-state index is -0.106. The Morgan fingerprint density at radius 1 is 1.19 bits per heavy atom. The molecule has 0 saturated carbocycles. The molecule has 1 N–H and O–H groups in total. The molecule has 0 fully saturated rings. The number of nitrogens with one attached hydrogen (secondary N) is 1. The molecule has 0 amide bonds. The number of hydrogen-bond donors (Lipinski definition) is 1. The first-order valence-electron chi connectivity index (χ1n) is 6.95. The van der Waals surface area contributed by atoms with Crippen molar-refractivity contribution in [3.8, 4) is 11.5 Å². The van der Waals surface area contributed by atoms with Gasteiger partial charge >= 0.3 is 0 Å². The second-order valence-corrected chi connectivity index (χ2v) is 4.79. The maximum absolute atomic E-state index is 5.81. The number of hydrogen-bond acceptors (Lipinski definition) is 5. The SMILES string of the molecule is CCNC(c1ccccc1)c1nnc(-c2coc(C)c2)o1. The van der Waals surface area contributed by atoms with E-state index in [4.69, 9.17) is 8.83 Å². The highest BCUT2D eigenvalue weighted by molar-refractivity contribution is 5.51. The van der Waals surface area contributed by atoms with Crippen molar-refractivity contribution < 1.29 is 8.83 Å². The molecule has 0 saturated heterocycles. The van der Waals surface area contributed by atoms with Crippen LogP contribution in [0, 0.1) is 6.92 Å². The van der Waals surface area contributed by atoms with E-state index in [1.807, 2.05) is 50.2 Å². The van der Waals surface area contributed by atoms with Crippen LogP contribution in [0.1, 0.15) is 30.2 Å². The van der Waals surface area contributed by atoms with Gasteiger partial charge < -0.3 is 14.2 Å². The summed E-state index contributed by atoms with van der Waals surface area (Å²) in [4.78, 5) is 0. The van der Waals surface area contributed by atoms with Crippen LogP contribution < -0.4 is 5.32 Å². The fourth-order valence-electron chi connectivity index (χ4n) is 2.22. The zero-order valence-corrected chi connectivity index (χ0v) is 12.0. The quantitative estimate of drug-likeness (QED) is 0.778. The second kappa shape index (κ2) is 5.93. The van der Waals surface area contributed by atoms with Crippen molar-refractivity contribution in [1.29, 1.82) is 0 Å². The lowest BCUT2D eigenvalue weighted by Crippen LogP contribution is -2.22. The van der Waals surface area contributed by atoms with Gasteiger partial charge in [0.05, 0.1) is 5.56 Å². The smallest absolute Gasteiger partial charge is 0.251 e. The van der Waals surface area contributed by atoms with Gasteiger partial charge in [0.1, 0.15) is 18.1 Å². The van der Waals surface area contributed by atoms with Gasteiger partial charge in [0, 0.05) is 0 Å². The van der Waals surface area contributed by atoms with Crippen molar-refractivity contribution in [1.82, 2.24) is 15.5 Å². The molecule has 0 bridgehead atoms. The fraction of sp³-hybridized carbons (Fsp3) is 0.250. The zero-order chi connectivity index (χ0) is 14.7. The molecule has 108 valence electrons. The largest absolute Gasteiger partial charge is 0.469 e. The molecule has 2 heterocycles. The Kier molecular flexibility index (Phi) is 3.83. The van der Waals surface area contributed by atoms with E-state index < -0.39 is 0 Å². The molecule has 1 unspecified atom stereocenters. The van der Waals surface area contributed by atoms with E-state index in [-0.39, 0.29) is 6.04 Å². The van der Waals surface area contributed by atoms with E-state index in [2.05, 4.69) is 15.5 Å². The van der Waals surface area contributed by atoms with Gasteiger partial charge in [0.15, 0.2) is 0 Å². The van der Waals surface area contributed by atoms with E-state index in [1.54, 1.807) is 6.26 Å². The molecule has 3 rings (SSSR count). The van der Waals surface area contributed by atoms with Gasteiger partial charge in [-0.15, -0.1) is 10.2 Å². The van der Waals surface area contributed by atoms with Crippen molar-refractivity contribution in [2.75, 3.05) is 6.54 Å². The van der Waals surface area contributed by atoms with Crippen LogP contribution in [0.4, 0.5) is 0 Å². The summed E-state index contributed by atoms with van der Waals surface area (Å²) in [7, 11) is 0. The molecular formula is C16H17N3O2. The van der Waals surface area contributed by atoms with Crippen LogP contribution in [-0.2, 0) is 0 Å². The summed E-state index contributed by atoms with van der Waals surface area (Å²) in [5, 5.41) is 11.7. The predicted octanol–water partition coefficient (Wildman–Crippen LogP) is 3.34. The molecule has 21 heavy (non-hydrogen) atoms. The first kappa shape index (κ1) is 13.6. The average molecular weight is 283 g/mol. The molecule has 5 heteroatoms. The van der Waals surface area contributed by atoms with E-state index in [0.717, 1.165) is 23.4 Å². The number of aryl methyl sites for hydroxylation is 1. The number of benzene rings is 1. The summed E-state index contributed by atoms with van der Waals surface area (Å²) in [5.74, 6) is 1.84. The molecule has 0 spiro atoms. The van der Waals surface area contributed by atoms with Crippen LogP contribution in [0.5, 0.6) is 0 Å². The van der Waals surface area contributed by atoms with E-state index in [1.165, 1.54) is 0 Å². The normalized spacial score (nSPS) is 12.5. The minimum absolute atomic E-state index is 0.106. The number of rotatable bonds is 5. The van der Waals surface area contributed by atoms with Crippen molar-refractivity contribution in [2.45, 2.75) is 19.9 Å². The zero-order valence-electron chi connectivity index (χ0n) is 12.0. The highest BCUT2D eigenvalue weighted by Crippen LogP contribution is 2.25. The topological polar surface area (TPSA) is 64.1 Å². The van der Waals surface area contributed by atoms with Gasteiger partial charge in [-0.1, -0.05) is 37.3 Å². The molecule has 5 nitrogen and oxygen atoms in total. The summed E-state index contributed by atoms with van der Waals surface area (Å²) in [6.07, 6.45) is 1.62. The third-order valence-corrected chi connectivity index (χ3v) is 3.21. The Hall–Kier alpha value is -2.40. The summed E-state index contributed by atoms with van der Waals surface area (Å²) in [6.45, 7) is 4.74. The van der Waals surface area contributed by atoms with Crippen molar-refractivity contribution >= 4 is 0 Å². The Morgan fingerprint density at radius 3 is 2.67 bits per heavy atom. The third-order valence-electron chi connectivity index (χ3n) is 3.21. The predicted molar refractivity (Wildman–Crippen MR) is 78.7 cm³/mol. The average Bonchev–Trinajstić information content (AvgIpc) is 3.14. The van der Waals surface area contributed by atoms with Crippen molar-refractivity contribution in [3.63, 3.8) is 0 Å². The monoisotopic (exact) mass is 283 g/mol. The van der Waals surface area contributed by atoms with Crippen molar-refractivity contribution in [3.05, 3.63) is 59.9 Å². The molecule has 1 atom stereocenters. The summed E-state index contributed by atoms with van der Waals surface area (Å²) in [6, 6.07) is 11.8. The van der Waals surface area contributed by atoms with E-state index >= 15 is 0 Å². The van der Waals surface area contributed by atoms with Gasteiger partial charge in [-0.25, -0.2) is 0 Å². The van der Waals surface area contributed by atoms with Crippen LogP contribution >= 0.6 is 0 Å². The van der Waals surface area contributed by atoms with Crippen LogP contribution in [-0.4, -0.2) is 16.7 Å².